The number of rotatable bonds is 3. The molecule has 0 spiro atoms. The Labute approximate surface area is 120 Å². The summed E-state index contributed by atoms with van der Waals surface area (Å²) in [7, 11) is 0. The summed E-state index contributed by atoms with van der Waals surface area (Å²) in [5.41, 5.74) is 0.483. The van der Waals surface area contributed by atoms with Crippen molar-refractivity contribution in [3.05, 3.63) is 39.9 Å². The van der Waals surface area contributed by atoms with Crippen molar-refractivity contribution in [1.29, 1.82) is 0 Å². The minimum absolute atomic E-state index is 0.326. The van der Waals surface area contributed by atoms with Gasteiger partial charge in [-0.2, -0.15) is 13.2 Å². The van der Waals surface area contributed by atoms with Crippen LogP contribution in [0.4, 0.5) is 13.2 Å². The van der Waals surface area contributed by atoms with Crippen molar-refractivity contribution in [1.82, 2.24) is 9.97 Å². The van der Waals surface area contributed by atoms with Crippen LogP contribution in [-0.4, -0.2) is 9.97 Å². The first-order chi connectivity index (χ1) is 8.91. The molecule has 0 saturated heterocycles. The number of nitrogens with zero attached hydrogens (tertiary/aromatic N) is 2. The average Bonchev–Trinajstić information content (AvgIpc) is 2.81. The van der Waals surface area contributed by atoms with Crippen LogP contribution in [0.25, 0.3) is 10.6 Å². The molecule has 0 aliphatic heterocycles. The van der Waals surface area contributed by atoms with E-state index in [0.717, 1.165) is 28.8 Å². The number of alkyl halides is 3. The van der Waals surface area contributed by atoms with Gasteiger partial charge < -0.3 is 0 Å². The molecule has 0 amide bonds. The monoisotopic (exact) mass is 349 g/mol. The lowest BCUT2D eigenvalue weighted by molar-refractivity contribution is -0.140. The van der Waals surface area contributed by atoms with E-state index < -0.39 is 11.9 Å². The predicted octanol–water partition coefficient (Wildman–Crippen LogP) is 4.95. The maximum absolute atomic E-state index is 12.5. The van der Waals surface area contributed by atoms with E-state index in [2.05, 4.69) is 25.9 Å². The van der Waals surface area contributed by atoms with Crippen LogP contribution < -0.4 is 0 Å². The Morgan fingerprint density at radius 2 is 2.16 bits per heavy atom. The number of hydrogen-bond donors (Lipinski definition) is 0. The molecule has 2 aromatic heterocycles. The molecule has 0 saturated carbocycles. The summed E-state index contributed by atoms with van der Waals surface area (Å²) in [4.78, 5) is 7.80. The van der Waals surface area contributed by atoms with Gasteiger partial charge in [0.2, 0.25) is 0 Å². The molecule has 0 unspecified atom stereocenters. The minimum Gasteiger partial charge on any atom is -0.260 e. The van der Waals surface area contributed by atoms with Crippen molar-refractivity contribution in [3.8, 4) is 10.6 Å². The second kappa shape index (κ2) is 5.58. The van der Waals surface area contributed by atoms with E-state index in [1.54, 1.807) is 12.3 Å². The van der Waals surface area contributed by atoms with Crippen molar-refractivity contribution in [3.63, 3.8) is 0 Å². The number of halogens is 4. The van der Waals surface area contributed by atoms with E-state index in [1.807, 2.05) is 13.3 Å². The lowest BCUT2D eigenvalue weighted by atomic mass is 10.2. The Hall–Kier alpha value is -0.950. The highest BCUT2D eigenvalue weighted by Gasteiger charge is 2.34. The van der Waals surface area contributed by atoms with Gasteiger partial charge in [0.15, 0.2) is 5.69 Å². The Bertz CT molecular complexity index is 581. The summed E-state index contributed by atoms with van der Waals surface area (Å²) in [6, 6.07) is 1.73. The van der Waals surface area contributed by atoms with Gasteiger partial charge in [0.25, 0.3) is 0 Å². The first-order valence-electron chi connectivity index (χ1n) is 5.43. The molecule has 1 radical (unpaired) electrons. The third-order valence-electron chi connectivity index (χ3n) is 2.31. The van der Waals surface area contributed by atoms with Crippen LogP contribution >= 0.6 is 27.3 Å². The van der Waals surface area contributed by atoms with E-state index in [1.165, 1.54) is 0 Å². The first-order valence-corrected chi connectivity index (χ1v) is 7.11. The van der Waals surface area contributed by atoms with Gasteiger partial charge in [0.1, 0.15) is 5.01 Å². The van der Waals surface area contributed by atoms with Crippen LogP contribution in [0.1, 0.15) is 24.7 Å². The predicted molar refractivity (Wildman–Crippen MR) is 71.7 cm³/mol. The van der Waals surface area contributed by atoms with Gasteiger partial charge >= 0.3 is 6.18 Å². The molecule has 0 aliphatic carbocycles. The van der Waals surface area contributed by atoms with E-state index in [0.29, 0.717) is 15.0 Å². The van der Waals surface area contributed by atoms with Gasteiger partial charge in [-0.05, 0) is 28.4 Å². The second-order valence-electron chi connectivity index (χ2n) is 3.74. The summed E-state index contributed by atoms with van der Waals surface area (Å²) >= 11 is 4.25. The van der Waals surface area contributed by atoms with Crippen molar-refractivity contribution < 1.29 is 13.2 Å². The molecule has 0 fully saturated rings. The van der Waals surface area contributed by atoms with Crippen LogP contribution in [0.5, 0.6) is 0 Å². The Morgan fingerprint density at radius 3 is 2.74 bits per heavy atom. The SMILES string of the molecule is CC[CH]c1cc(-c2nc(C(F)(F)F)cs2)c(Br)cn1. The molecule has 2 rings (SSSR count). The van der Waals surface area contributed by atoms with Gasteiger partial charge in [-0.3, -0.25) is 4.98 Å². The Morgan fingerprint density at radius 1 is 1.42 bits per heavy atom. The standard InChI is InChI=1S/C12H9BrF3N2S/c1-2-3-7-4-8(9(13)5-17-7)11-18-10(6-19-11)12(14,15)16/h3-6H,2H2,1H3. The van der Waals surface area contributed by atoms with Crippen molar-refractivity contribution in [2.24, 2.45) is 0 Å². The normalized spacial score (nSPS) is 11.8. The number of hydrogen-bond acceptors (Lipinski definition) is 3. The first kappa shape index (κ1) is 14.5. The summed E-state index contributed by atoms with van der Waals surface area (Å²) in [5, 5.41) is 1.35. The zero-order valence-electron chi connectivity index (χ0n) is 9.83. The third-order valence-corrected chi connectivity index (χ3v) is 3.82. The molecule has 0 aromatic carbocycles. The summed E-state index contributed by atoms with van der Waals surface area (Å²) in [6.45, 7) is 1.97. The molecule has 2 heterocycles. The fourth-order valence-electron chi connectivity index (χ4n) is 1.47. The van der Waals surface area contributed by atoms with Crippen molar-refractivity contribution >= 4 is 27.3 Å². The van der Waals surface area contributed by atoms with E-state index in [4.69, 9.17) is 0 Å². The molecule has 2 aromatic rings. The summed E-state index contributed by atoms with van der Waals surface area (Å²) < 4.78 is 38.2. The van der Waals surface area contributed by atoms with Gasteiger partial charge in [-0.1, -0.05) is 6.92 Å². The highest BCUT2D eigenvalue weighted by Crippen LogP contribution is 2.36. The number of pyridine rings is 1. The molecule has 0 atom stereocenters. The average molecular weight is 350 g/mol. The van der Waals surface area contributed by atoms with Gasteiger partial charge in [-0.25, -0.2) is 4.98 Å². The molecule has 0 bridgehead atoms. The summed E-state index contributed by atoms with van der Waals surface area (Å²) in [6.07, 6.45) is -0.133. The van der Waals surface area contributed by atoms with Crippen LogP contribution in [0.3, 0.4) is 0 Å². The fraction of sp³-hybridized carbons (Fsp3) is 0.250. The highest BCUT2D eigenvalue weighted by atomic mass is 79.9. The van der Waals surface area contributed by atoms with E-state index >= 15 is 0 Å². The molecule has 7 heteroatoms. The molecule has 0 aliphatic rings. The van der Waals surface area contributed by atoms with E-state index in [9.17, 15) is 13.2 Å². The maximum Gasteiger partial charge on any atom is 0.434 e. The fourth-order valence-corrected chi connectivity index (χ4v) is 2.86. The smallest absolute Gasteiger partial charge is 0.260 e. The van der Waals surface area contributed by atoms with Gasteiger partial charge in [0, 0.05) is 33.7 Å². The Kier molecular flexibility index (Phi) is 4.25. The van der Waals surface area contributed by atoms with Crippen LogP contribution in [0.2, 0.25) is 0 Å². The Balaban J connectivity index is 2.41. The largest absolute Gasteiger partial charge is 0.434 e. The van der Waals surface area contributed by atoms with Gasteiger partial charge in [0.05, 0.1) is 0 Å². The molecular weight excluding hydrogens is 341 g/mol. The van der Waals surface area contributed by atoms with Crippen molar-refractivity contribution in [2.75, 3.05) is 0 Å². The maximum atomic E-state index is 12.5. The third kappa shape index (κ3) is 3.33. The van der Waals surface area contributed by atoms with Crippen LogP contribution in [0.15, 0.2) is 22.1 Å². The molecule has 19 heavy (non-hydrogen) atoms. The summed E-state index contributed by atoms with van der Waals surface area (Å²) in [5.74, 6) is 0. The molecule has 0 N–H and O–H groups in total. The zero-order chi connectivity index (χ0) is 14.0. The topological polar surface area (TPSA) is 25.8 Å². The number of thiazole rings is 1. The lowest BCUT2D eigenvalue weighted by Crippen LogP contribution is -2.04. The zero-order valence-corrected chi connectivity index (χ0v) is 12.2. The van der Waals surface area contributed by atoms with Crippen LogP contribution in [-0.2, 0) is 6.18 Å². The van der Waals surface area contributed by atoms with Crippen molar-refractivity contribution in [2.45, 2.75) is 19.5 Å². The number of aromatic nitrogens is 2. The van der Waals surface area contributed by atoms with E-state index in [-0.39, 0.29) is 0 Å². The second-order valence-corrected chi connectivity index (χ2v) is 5.45. The quantitative estimate of drug-likeness (QED) is 0.783. The molecule has 101 valence electrons. The minimum atomic E-state index is -4.41. The molecule has 2 nitrogen and oxygen atoms in total. The van der Waals surface area contributed by atoms with Gasteiger partial charge in [-0.15, -0.1) is 11.3 Å². The lowest BCUT2D eigenvalue weighted by Gasteiger charge is -2.04. The molecular formula is C12H9BrF3N2S. The highest BCUT2D eigenvalue weighted by molar-refractivity contribution is 9.10. The van der Waals surface area contributed by atoms with Crippen LogP contribution in [0, 0.1) is 6.42 Å².